The fraction of sp³-hybridized carbons (Fsp3) is 0.933. The molecule has 0 aromatic rings. The number of rotatable bonds is 3. The van der Waals surface area contributed by atoms with Gasteiger partial charge in [-0.2, -0.15) is 0 Å². The lowest BCUT2D eigenvalue weighted by atomic mass is 9.95. The number of hydrogen-bond donors (Lipinski definition) is 2. The number of aliphatic hydroxyl groups is 1. The van der Waals surface area contributed by atoms with Crippen LogP contribution in [0.4, 0.5) is 0 Å². The highest BCUT2D eigenvalue weighted by Gasteiger charge is 2.29. The van der Waals surface area contributed by atoms with Crippen LogP contribution in [0.15, 0.2) is 0 Å². The molecular formula is C15H28N2O2. The molecule has 0 spiro atoms. The molecule has 1 aliphatic carbocycles. The van der Waals surface area contributed by atoms with Gasteiger partial charge in [0.2, 0.25) is 5.91 Å². The van der Waals surface area contributed by atoms with Crippen LogP contribution in [0.5, 0.6) is 0 Å². The summed E-state index contributed by atoms with van der Waals surface area (Å²) in [6.45, 7) is 3.84. The van der Waals surface area contributed by atoms with Crippen LogP contribution < -0.4 is 5.32 Å². The zero-order valence-electron chi connectivity index (χ0n) is 12.2. The van der Waals surface area contributed by atoms with E-state index in [1.54, 1.807) is 0 Å². The van der Waals surface area contributed by atoms with Crippen LogP contribution >= 0.6 is 0 Å². The van der Waals surface area contributed by atoms with Crippen molar-refractivity contribution in [3.05, 3.63) is 0 Å². The monoisotopic (exact) mass is 268 g/mol. The molecule has 2 rings (SSSR count). The van der Waals surface area contributed by atoms with E-state index >= 15 is 0 Å². The number of β-amino-alcohol motifs (C(OH)–C–C–N with tert-alkyl or cyclic N) is 1. The van der Waals surface area contributed by atoms with Gasteiger partial charge in [-0.1, -0.05) is 25.7 Å². The lowest BCUT2D eigenvalue weighted by molar-refractivity contribution is -0.124. The predicted molar refractivity (Wildman–Crippen MR) is 75.9 cm³/mol. The van der Waals surface area contributed by atoms with Crippen LogP contribution in [0.25, 0.3) is 0 Å². The Kier molecular flexibility index (Phi) is 5.22. The lowest BCUT2D eigenvalue weighted by Crippen LogP contribution is -2.50. The zero-order chi connectivity index (χ0) is 13.7. The summed E-state index contributed by atoms with van der Waals surface area (Å²) in [5.74, 6) is 0.129. The molecule has 19 heavy (non-hydrogen) atoms. The highest BCUT2D eigenvalue weighted by atomic mass is 16.3. The molecule has 0 radical (unpaired) electrons. The molecule has 0 bridgehead atoms. The van der Waals surface area contributed by atoms with Crippen LogP contribution in [0.3, 0.4) is 0 Å². The minimum atomic E-state index is -0.624. The van der Waals surface area contributed by atoms with E-state index in [1.165, 1.54) is 25.7 Å². The number of amides is 1. The van der Waals surface area contributed by atoms with E-state index in [-0.39, 0.29) is 5.91 Å². The Morgan fingerprint density at radius 1 is 1.26 bits per heavy atom. The van der Waals surface area contributed by atoms with Crippen molar-refractivity contribution in [1.82, 2.24) is 10.2 Å². The number of nitrogens with zero attached hydrogens (tertiary/aromatic N) is 1. The third-order valence-electron chi connectivity index (χ3n) is 4.34. The second-order valence-electron chi connectivity index (χ2n) is 6.57. The van der Waals surface area contributed by atoms with Gasteiger partial charge in [-0.3, -0.25) is 9.69 Å². The van der Waals surface area contributed by atoms with Crippen molar-refractivity contribution >= 4 is 5.91 Å². The van der Waals surface area contributed by atoms with Crippen molar-refractivity contribution in [2.24, 2.45) is 0 Å². The molecule has 4 heteroatoms. The maximum atomic E-state index is 12.1. The number of likely N-dealkylation sites (tertiary alicyclic amines) is 1. The molecule has 1 saturated heterocycles. The smallest absolute Gasteiger partial charge is 0.234 e. The molecule has 2 fully saturated rings. The number of piperidine rings is 1. The van der Waals surface area contributed by atoms with Gasteiger partial charge in [0.15, 0.2) is 0 Å². The van der Waals surface area contributed by atoms with Crippen LogP contribution in [-0.4, -0.2) is 47.2 Å². The van der Waals surface area contributed by atoms with Crippen LogP contribution in [0.2, 0.25) is 0 Å². The summed E-state index contributed by atoms with van der Waals surface area (Å²) in [5.41, 5.74) is -0.624. The zero-order valence-corrected chi connectivity index (χ0v) is 12.2. The first kappa shape index (κ1) is 14.8. The van der Waals surface area contributed by atoms with Crippen molar-refractivity contribution < 1.29 is 9.90 Å². The predicted octanol–water partition coefficient (Wildman–Crippen LogP) is 1.67. The minimum Gasteiger partial charge on any atom is -0.389 e. The first-order chi connectivity index (χ1) is 9.05. The van der Waals surface area contributed by atoms with Gasteiger partial charge < -0.3 is 10.4 Å². The van der Waals surface area contributed by atoms with Crippen molar-refractivity contribution in [1.29, 1.82) is 0 Å². The Labute approximate surface area is 116 Å². The molecule has 2 aliphatic rings. The van der Waals surface area contributed by atoms with Crippen molar-refractivity contribution in [2.75, 3.05) is 19.6 Å². The maximum Gasteiger partial charge on any atom is 0.234 e. The molecular weight excluding hydrogens is 240 g/mol. The average molecular weight is 268 g/mol. The van der Waals surface area contributed by atoms with Crippen LogP contribution in [-0.2, 0) is 4.79 Å². The average Bonchev–Trinajstić information content (AvgIpc) is 2.56. The Morgan fingerprint density at radius 3 is 2.58 bits per heavy atom. The molecule has 2 N–H and O–H groups in total. The van der Waals surface area contributed by atoms with E-state index in [0.29, 0.717) is 19.1 Å². The minimum absolute atomic E-state index is 0.129. The second kappa shape index (κ2) is 6.71. The lowest BCUT2D eigenvalue weighted by Gasteiger charge is -2.36. The fourth-order valence-electron chi connectivity index (χ4n) is 3.36. The molecule has 1 saturated carbocycles. The Bertz CT molecular complexity index is 297. The Hall–Kier alpha value is -0.610. The Morgan fingerprint density at radius 2 is 1.95 bits per heavy atom. The quantitative estimate of drug-likeness (QED) is 0.766. The largest absolute Gasteiger partial charge is 0.389 e. The third-order valence-corrected chi connectivity index (χ3v) is 4.34. The highest BCUT2D eigenvalue weighted by molar-refractivity contribution is 5.78. The summed E-state index contributed by atoms with van der Waals surface area (Å²) < 4.78 is 0. The summed E-state index contributed by atoms with van der Waals surface area (Å²) in [5, 5.41) is 13.2. The van der Waals surface area contributed by atoms with Crippen molar-refractivity contribution in [3.63, 3.8) is 0 Å². The second-order valence-corrected chi connectivity index (χ2v) is 6.57. The van der Waals surface area contributed by atoms with Gasteiger partial charge in [-0.05, 0) is 39.2 Å². The summed E-state index contributed by atoms with van der Waals surface area (Å²) >= 11 is 0. The molecule has 1 amide bonds. The van der Waals surface area contributed by atoms with Crippen molar-refractivity contribution in [2.45, 2.75) is 69.9 Å². The highest BCUT2D eigenvalue weighted by Crippen LogP contribution is 2.20. The van der Waals surface area contributed by atoms with Crippen LogP contribution in [0, 0.1) is 0 Å². The molecule has 1 heterocycles. The van der Waals surface area contributed by atoms with E-state index in [0.717, 1.165) is 32.2 Å². The van der Waals surface area contributed by atoms with E-state index in [1.807, 2.05) is 6.92 Å². The molecule has 0 aromatic heterocycles. The summed E-state index contributed by atoms with van der Waals surface area (Å²) in [6.07, 6.45) is 9.17. The Balaban J connectivity index is 1.74. The van der Waals surface area contributed by atoms with Gasteiger partial charge >= 0.3 is 0 Å². The summed E-state index contributed by atoms with van der Waals surface area (Å²) in [6, 6.07) is 0.375. The molecule has 110 valence electrons. The van der Waals surface area contributed by atoms with Crippen molar-refractivity contribution in [3.8, 4) is 0 Å². The molecule has 1 atom stereocenters. The molecule has 1 unspecified atom stereocenters. The van der Waals surface area contributed by atoms with Gasteiger partial charge in [0.25, 0.3) is 0 Å². The number of nitrogens with one attached hydrogen (secondary N) is 1. The topological polar surface area (TPSA) is 52.6 Å². The van der Waals surface area contributed by atoms with Gasteiger partial charge in [-0.25, -0.2) is 0 Å². The summed E-state index contributed by atoms with van der Waals surface area (Å²) in [4.78, 5) is 14.1. The first-order valence-electron chi connectivity index (χ1n) is 7.79. The number of carbonyl (C=O) groups excluding carboxylic acids is 1. The van der Waals surface area contributed by atoms with E-state index in [9.17, 15) is 9.90 Å². The normalized spacial score (nSPS) is 30.8. The van der Waals surface area contributed by atoms with Gasteiger partial charge in [0.05, 0.1) is 12.1 Å². The van der Waals surface area contributed by atoms with Gasteiger partial charge in [0.1, 0.15) is 0 Å². The van der Waals surface area contributed by atoms with Gasteiger partial charge in [-0.15, -0.1) is 0 Å². The van der Waals surface area contributed by atoms with E-state index in [2.05, 4.69) is 10.2 Å². The van der Waals surface area contributed by atoms with Crippen LogP contribution in [0.1, 0.15) is 58.3 Å². The fourth-order valence-corrected chi connectivity index (χ4v) is 3.36. The van der Waals surface area contributed by atoms with E-state index < -0.39 is 5.60 Å². The SMILES string of the molecule is CC1(O)CCCN(CC(=O)NC2CCCCCC2)C1. The molecule has 4 nitrogen and oxygen atoms in total. The molecule has 1 aliphatic heterocycles. The third kappa shape index (κ3) is 5.11. The van der Waals surface area contributed by atoms with Gasteiger partial charge in [0, 0.05) is 12.6 Å². The molecule has 0 aromatic carbocycles. The van der Waals surface area contributed by atoms with E-state index in [4.69, 9.17) is 0 Å². The maximum absolute atomic E-state index is 12.1. The number of hydrogen-bond acceptors (Lipinski definition) is 3. The summed E-state index contributed by atoms with van der Waals surface area (Å²) in [7, 11) is 0. The first-order valence-corrected chi connectivity index (χ1v) is 7.79. The number of carbonyl (C=O) groups is 1. The standard InChI is InChI=1S/C15H28N2O2/c1-15(19)9-6-10-17(12-15)11-14(18)16-13-7-4-2-3-5-8-13/h13,19H,2-12H2,1H3,(H,16,18).